The van der Waals surface area contributed by atoms with Crippen LogP contribution in [0.15, 0.2) is 34.2 Å². The Bertz CT molecular complexity index is 796. The van der Waals surface area contributed by atoms with E-state index >= 15 is 0 Å². The lowest BCUT2D eigenvalue weighted by Gasteiger charge is -2.46. The van der Waals surface area contributed by atoms with Gasteiger partial charge in [-0.25, -0.2) is 13.7 Å². The van der Waals surface area contributed by atoms with Gasteiger partial charge in [0.15, 0.2) is 5.96 Å². The Labute approximate surface area is 173 Å². The van der Waals surface area contributed by atoms with E-state index in [2.05, 4.69) is 18.8 Å². The lowest BCUT2D eigenvalue weighted by Crippen LogP contribution is -2.47. The first-order valence-electron chi connectivity index (χ1n) is 9.99. The predicted octanol–water partition coefficient (Wildman–Crippen LogP) is 3.52. The van der Waals surface area contributed by atoms with Crippen molar-refractivity contribution in [3.05, 3.63) is 30.1 Å². The third-order valence-electron chi connectivity index (χ3n) is 5.64. The minimum atomic E-state index is -3.22. The van der Waals surface area contributed by atoms with Crippen LogP contribution in [0.25, 0.3) is 0 Å². The summed E-state index contributed by atoms with van der Waals surface area (Å²) in [6, 6.07) is 5.44. The average Bonchev–Trinajstić information content (AvgIpc) is 2.84. The van der Waals surface area contributed by atoms with Crippen molar-refractivity contribution in [3.63, 3.8) is 0 Å². The van der Waals surface area contributed by atoms with Gasteiger partial charge in [-0.2, -0.15) is 0 Å². The van der Waals surface area contributed by atoms with Gasteiger partial charge in [-0.15, -0.1) is 10.8 Å². The van der Waals surface area contributed by atoms with E-state index in [1.165, 1.54) is 18.2 Å². The van der Waals surface area contributed by atoms with Gasteiger partial charge in [-0.3, -0.25) is 18.8 Å². The molecule has 7 nitrogen and oxygen atoms in total. The minimum absolute atomic E-state index is 0.0600. The van der Waals surface area contributed by atoms with E-state index in [1.807, 2.05) is 6.92 Å². The van der Waals surface area contributed by atoms with Crippen LogP contribution in [-0.2, 0) is 4.79 Å². The van der Waals surface area contributed by atoms with Crippen LogP contribution in [0.2, 0.25) is 0 Å². The van der Waals surface area contributed by atoms with Gasteiger partial charge in [-0.05, 0) is 56.2 Å². The molecule has 0 aliphatic carbocycles. The van der Waals surface area contributed by atoms with Crippen molar-refractivity contribution in [1.29, 1.82) is 0 Å². The van der Waals surface area contributed by atoms with Crippen LogP contribution in [0, 0.1) is 17.7 Å². The second kappa shape index (κ2) is 8.22. The van der Waals surface area contributed by atoms with Crippen molar-refractivity contribution in [3.8, 4) is 0 Å². The van der Waals surface area contributed by atoms with Crippen LogP contribution in [0.4, 0.5) is 4.39 Å². The third kappa shape index (κ3) is 4.58. The van der Waals surface area contributed by atoms with Gasteiger partial charge in [0.1, 0.15) is 11.4 Å². The van der Waals surface area contributed by atoms with Crippen LogP contribution < -0.4 is 5.73 Å². The van der Waals surface area contributed by atoms with E-state index in [-0.39, 0.29) is 22.7 Å². The van der Waals surface area contributed by atoms with Crippen molar-refractivity contribution < 1.29 is 18.3 Å². The Hall–Kier alpha value is -1.68. The van der Waals surface area contributed by atoms with E-state index < -0.39 is 22.1 Å². The first-order valence-corrected chi connectivity index (χ1v) is 11.5. The molecule has 29 heavy (non-hydrogen) atoms. The highest BCUT2D eigenvalue weighted by Crippen LogP contribution is 2.52. The number of carbonyl (C=O) groups is 1. The van der Waals surface area contributed by atoms with Crippen LogP contribution in [0.3, 0.4) is 0 Å². The molecule has 0 spiro atoms. The van der Waals surface area contributed by atoms with Crippen molar-refractivity contribution in [1.82, 2.24) is 9.21 Å². The Kier molecular flexibility index (Phi) is 6.24. The van der Waals surface area contributed by atoms with Gasteiger partial charge in [0, 0.05) is 19.6 Å². The summed E-state index contributed by atoms with van der Waals surface area (Å²) in [7, 11) is -3.22. The fraction of sp³-hybridized carbons (Fsp3) is 0.600. The van der Waals surface area contributed by atoms with Gasteiger partial charge in [0.25, 0.3) is 5.91 Å². The molecule has 1 aromatic rings. The summed E-state index contributed by atoms with van der Waals surface area (Å²) in [6.45, 7) is 7.32. The zero-order valence-corrected chi connectivity index (χ0v) is 18.0. The number of hydrogen-bond acceptors (Lipinski definition) is 6. The predicted molar refractivity (Wildman–Crippen MR) is 113 cm³/mol. The SMILES string of the molecule is CC(C)CC1(C)N=C(N)N(CC2CCN(S(O)(O)c3cccc(F)c3)CC2)C1=O. The fourth-order valence-corrected chi connectivity index (χ4v) is 5.80. The largest absolute Gasteiger partial charge is 0.369 e. The first-order chi connectivity index (χ1) is 13.5. The zero-order valence-electron chi connectivity index (χ0n) is 17.2. The molecule has 4 N–H and O–H groups in total. The number of rotatable bonds is 6. The maximum Gasteiger partial charge on any atom is 0.257 e. The zero-order chi connectivity index (χ0) is 21.4. The lowest BCUT2D eigenvalue weighted by atomic mass is 9.90. The fourth-order valence-electron chi connectivity index (χ4n) is 4.25. The van der Waals surface area contributed by atoms with Crippen LogP contribution in [0.1, 0.15) is 40.0 Å². The monoisotopic (exact) mass is 426 g/mol. The molecule has 0 aromatic heterocycles. The number of aliphatic imine (C=N–C) groups is 1. The van der Waals surface area contributed by atoms with Gasteiger partial charge in [0.05, 0.1) is 4.90 Å². The van der Waals surface area contributed by atoms with Crippen molar-refractivity contribution in [2.24, 2.45) is 22.6 Å². The molecule has 0 bridgehead atoms. The molecule has 0 radical (unpaired) electrons. The second-order valence-corrected chi connectivity index (χ2v) is 10.6. The van der Waals surface area contributed by atoms with E-state index in [0.717, 1.165) is 6.07 Å². The Morgan fingerprint density at radius 1 is 1.34 bits per heavy atom. The Balaban J connectivity index is 1.60. The van der Waals surface area contributed by atoms with E-state index in [0.29, 0.717) is 44.8 Å². The van der Waals surface area contributed by atoms with Gasteiger partial charge < -0.3 is 5.73 Å². The van der Waals surface area contributed by atoms with Crippen molar-refractivity contribution in [2.75, 3.05) is 19.6 Å². The summed E-state index contributed by atoms with van der Waals surface area (Å²) in [6.07, 6.45) is 2.02. The molecule has 2 aliphatic heterocycles. The summed E-state index contributed by atoms with van der Waals surface area (Å²) in [5, 5.41) is 0. The number of hydrogen-bond donors (Lipinski definition) is 3. The highest BCUT2D eigenvalue weighted by Gasteiger charge is 2.45. The standard InChI is InChI=1S/C20H31FN4O3S/c1-14(2)12-20(3)18(26)25(19(22)23-20)13-15-7-9-24(10-8-15)29(27,28)17-6-4-5-16(21)11-17/h4-6,11,14-15,27-28H,7-10,12-13H2,1-3H3,(H2,22,23). The molecule has 1 amide bonds. The number of amides is 1. The highest BCUT2D eigenvalue weighted by atomic mass is 32.3. The summed E-state index contributed by atoms with van der Waals surface area (Å²) >= 11 is 0. The average molecular weight is 427 g/mol. The smallest absolute Gasteiger partial charge is 0.257 e. The molecule has 1 saturated heterocycles. The molecule has 2 heterocycles. The van der Waals surface area contributed by atoms with Gasteiger partial charge >= 0.3 is 0 Å². The quantitative estimate of drug-likeness (QED) is 0.646. The molecule has 9 heteroatoms. The second-order valence-electron chi connectivity index (χ2n) is 8.61. The van der Waals surface area contributed by atoms with Crippen LogP contribution in [-0.4, -0.2) is 55.4 Å². The maximum atomic E-state index is 13.5. The number of guanidine groups is 1. The number of nitrogens with two attached hydrogens (primary N) is 1. The minimum Gasteiger partial charge on any atom is -0.369 e. The summed E-state index contributed by atoms with van der Waals surface area (Å²) < 4.78 is 36.4. The molecule has 3 rings (SSSR count). The molecule has 1 unspecified atom stereocenters. The van der Waals surface area contributed by atoms with Crippen molar-refractivity contribution in [2.45, 2.75) is 50.5 Å². The number of benzene rings is 1. The normalized spacial score (nSPS) is 25.0. The summed E-state index contributed by atoms with van der Waals surface area (Å²) in [4.78, 5) is 19.1. The Morgan fingerprint density at radius 2 is 2.00 bits per heavy atom. The van der Waals surface area contributed by atoms with Gasteiger partial charge in [0.2, 0.25) is 0 Å². The first kappa shape index (κ1) is 22.0. The lowest BCUT2D eigenvalue weighted by molar-refractivity contribution is -0.131. The van der Waals surface area contributed by atoms with Gasteiger partial charge in [-0.1, -0.05) is 19.9 Å². The highest BCUT2D eigenvalue weighted by molar-refractivity contribution is 8.22. The molecule has 0 saturated carbocycles. The number of nitrogens with zero attached hydrogens (tertiary/aromatic N) is 3. The molecule has 1 atom stereocenters. The number of piperidine rings is 1. The van der Waals surface area contributed by atoms with Crippen LogP contribution >= 0.6 is 10.8 Å². The molecular weight excluding hydrogens is 395 g/mol. The third-order valence-corrected chi connectivity index (χ3v) is 7.61. The number of halogens is 1. The molecule has 1 fully saturated rings. The Morgan fingerprint density at radius 3 is 2.59 bits per heavy atom. The number of carbonyl (C=O) groups excluding carboxylic acids is 1. The van der Waals surface area contributed by atoms with E-state index in [9.17, 15) is 18.3 Å². The van der Waals surface area contributed by atoms with E-state index in [1.54, 1.807) is 9.21 Å². The summed E-state index contributed by atoms with van der Waals surface area (Å²) in [5.74, 6) is 0.230. The molecular formula is C20H31FN4O3S. The molecule has 1 aromatic carbocycles. The molecule has 162 valence electrons. The maximum absolute atomic E-state index is 13.5. The van der Waals surface area contributed by atoms with Crippen molar-refractivity contribution >= 4 is 22.6 Å². The summed E-state index contributed by atoms with van der Waals surface area (Å²) in [5.41, 5.74) is 5.26. The van der Waals surface area contributed by atoms with E-state index in [4.69, 9.17) is 5.73 Å². The topological polar surface area (TPSA) is 102 Å². The molecule has 2 aliphatic rings. The van der Waals surface area contributed by atoms with Crippen LogP contribution in [0.5, 0.6) is 0 Å².